The number of anilines is 1. The molecule has 3 N–H and O–H groups in total. The molecule has 0 aliphatic carbocycles. The number of amides is 2. The molecule has 1 rings (SSSR count). The van der Waals surface area contributed by atoms with Gasteiger partial charge in [-0.1, -0.05) is 13.8 Å². The molecule has 106 valence electrons. The predicted octanol–water partition coefficient (Wildman–Crippen LogP) is 1.43. The number of carboxylic acid groups (broad SMARTS) is 1. The number of aliphatic carboxylic acids is 1. The number of urea groups is 1. The summed E-state index contributed by atoms with van der Waals surface area (Å²) < 4.78 is 1.56. The Bertz CT molecular complexity index is 452. The van der Waals surface area contributed by atoms with Gasteiger partial charge in [-0.25, -0.2) is 4.79 Å². The smallest absolute Gasteiger partial charge is 0.320 e. The van der Waals surface area contributed by atoms with Crippen LogP contribution in [0.3, 0.4) is 0 Å². The first-order valence-electron chi connectivity index (χ1n) is 6.21. The summed E-state index contributed by atoms with van der Waals surface area (Å²) in [6, 6.07) is 1.20. The SMILES string of the molecule is CCC(CC)(CNC(=O)Nc1ccn(C)n1)C(=O)O. The number of carboxylic acids is 1. The zero-order valence-corrected chi connectivity index (χ0v) is 11.4. The van der Waals surface area contributed by atoms with Gasteiger partial charge in [0, 0.05) is 25.9 Å². The Balaban J connectivity index is 2.55. The van der Waals surface area contributed by atoms with Crippen LogP contribution in [0.5, 0.6) is 0 Å². The molecule has 0 bridgehead atoms. The number of hydrogen-bond acceptors (Lipinski definition) is 3. The molecule has 0 aliphatic rings. The summed E-state index contributed by atoms with van der Waals surface area (Å²) in [6.45, 7) is 3.69. The van der Waals surface area contributed by atoms with Crippen LogP contribution in [0.4, 0.5) is 10.6 Å². The summed E-state index contributed by atoms with van der Waals surface area (Å²) in [5.74, 6) is -0.468. The lowest BCUT2D eigenvalue weighted by Crippen LogP contribution is -2.43. The largest absolute Gasteiger partial charge is 0.481 e. The van der Waals surface area contributed by atoms with Crippen LogP contribution in [0.15, 0.2) is 12.3 Å². The number of aromatic nitrogens is 2. The van der Waals surface area contributed by atoms with Crippen molar-refractivity contribution in [3.05, 3.63) is 12.3 Å². The number of rotatable bonds is 6. The van der Waals surface area contributed by atoms with Gasteiger partial charge >= 0.3 is 12.0 Å². The summed E-state index contributed by atoms with van der Waals surface area (Å²) in [7, 11) is 1.74. The lowest BCUT2D eigenvalue weighted by Gasteiger charge is -2.26. The van der Waals surface area contributed by atoms with Gasteiger partial charge < -0.3 is 10.4 Å². The number of hydrogen-bond donors (Lipinski definition) is 3. The summed E-state index contributed by atoms with van der Waals surface area (Å²) in [4.78, 5) is 22.9. The molecule has 19 heavy (non-hydrogen) atoms. The molecular weight excluding hydrogens is 248 g/mol. The van der Waals surface area contributed by atoms with Crippen molar-refractivity contribution in [3.8, 4) is 0 Å². The quantitative estimate of drug-likeness (QED) is 0.727. The highest BCUT2D eigenvalue weighted by Crippen LogP contribution is 2.25. The van der Waals surface area contributed by atoms with Gasteiger partial charge in [-0.3, -0.25) is 14.8 Å². The summed E-state index contributed by atoms with van der Waals surface area (Å²) in [5, 5.41) is 18.4. The summed E-state index contributed by atoms with van der Waals surface area (Å²) in [6.07, 6.45) is 2.63. The second kappa shape index (κ2) is 6.21. The lowest BCUT2D eigenvalue weighted by atomic mass is 9.82. The maximum absolute atomic E-state index is 11.7. The summed E-state index contributed by atoms with van der Waals surface area (Å²) in [5.41, 5.74) is -0.915. The molecule has 0 saturated heterocycles. The van der Waals surface area contributed by atoms with E-state index in [9.17, 15) is 14.7 Å². The predicted molar refractivity (Wildman–Crippen MR) is 70.9 cm³/mol. The molecule has 0 atom stereocenters. The lowest BCUT2D eigenvalue weighted by molar-refractivity contribution is -0.149. The minimum atomic E-state index is -0.915. The van der Waals surface area contributed by atoms with Gasteiger partial charge in [0.05, 0.1) is 5.41 Å². The van der Waals surface area contributed by atoms with E-state index < -0.39 is 17.4 Å². The van der Waals surface area contributed by atoms with Gasteiger partial charge in [-0.15, -0.1) is 0 Å². The van der Waals surface area contributed by atoms with E-state index in [-0.39, 0.29) is 6.54 Å². The molecule has 1 aromatic rings. The van der Waals surface area contributed by atoms with Crippen molar-refractivity contribution in [2.24, 2.45) is 12.5 Å². The number of nitrogens with one attached hydrogen (secondary N) is 2. The Morgan fingerprint density at radius 1 is 1.42 bits per heavy atom. The highest BCUT2D eigenvalue weighted by molar-refractivity contribution is 5.88. The second-order valence-corrected chi connectivity index (χ2v) is 4.47. The molecule has 0 fully saturated rings. The van der Waals surface area contributed by atoms with Gasteiger partial charge in [0.2, 0.25) is 0 Å². The molecule has 0 spiro atoms. The molecule has 0 unspecified atom stereocenters. The Morgan fingerprint density at radius 2 is 2.05 bits per heavy atom. The standard InChI is InChI=1S/C12H20N4O3/c1-4-12(5-2,10(17)18)8-13-11(19)14-9-6-7-16(3)15-9/h6-7H,4-5,8H2,1-3H3,(H,17,18)(H2,13,14,15,19). The van der Waals surface area contributed by atoms with E-state index in [1.807, 2.05) is 0 Å². The van der Waals surface area contributed by atoms with Crippen LogP contribution in [-0.2, 0) is 11.8 Å². The molecule has 0 saturated carbocycles. The van der Waals surface area contributed by atoms with E-state index in [4.69, 9.17) is 0 Å². The van der Waals surface area contributed by atoms with E-state index in [1.54, 1.807) is 37.8 Å². The van der Waals surface area contributed by atoms with Crippen LogP contribution in [0.1, 0.15) is 26.7 Å². The average molecular weight is 268 g/mol. The van der Waals surface area contributed by atoms with Crippen molar-refractivity contribution >= 4 is 17.8 Å². The Morgan fingerprint density at radius 3 is 2.47 bits per heavy atom. The van der Waals surface area contributed by atoms with E-state index in [2.05, 4.69) is 15.7 Å². The highest BCUT2D eigenvalue weighted by atomic mass is 16.4. The number of nitrogens with zero attached hydrogens (tertiary/aromatic N) is 2. The fourth-order valence-corrected chi connectivity index (χ4v) is 1.77. The molecule has 7 heteroatoms. The van der Waals surface area contributed by atoms with Crippen LogP contribution in [0.2, 0.25) is 0 Å². The van der Waals surface area contributed by atoms with Crippen LogP contribution >= 0.6 is 0 Å². The van der Waals surface area contributed by atoms with Gasteiger partial charge in [0.15, 0.2) is 5.82 Å². The third-order valence-electron chi connectivity index (χ3n) is 3.35. The zero-order valence-electron chi connectivity index (χ0n) is 11.4. The monoisotopic (exact) mass is 268 g/mol. The van der Waals surface area contributed by atoms with Crippen molar-refractivity contribution in [2.45, 2.75) is 26.7 Å². The normalized spacial score (nSPS) is 11.1. The van der Waals surface area contributed by atoms with Crippen molar-refractivity contribution < 1.29 is 14.7 Å². The van der Waals surface area contributed by atoms with Crippen LogP contribution in [-0.4, -0.2) is 33.4 Å². The number of carbonyl (C=O) groups excluding carboxylic acids is 1. The molecule has 0 radical (unpaired) electrons. The van der Waals surface area contributed by atoms with Crippen LogP contribution in [0, 0.1) is 5.41 Å². The van der Waals surface area contributed by atoms with Crippen molar-refractivity contribution in [1.82, 2.24) is 15.1 Å². The molecule has 1 aromatic heterocycles. The fraction of sp³-hybridized carbons (Fsp3) is 0.583. The van der Waals surface area contributed by atoms with E-state index in [0.29, 0.717) is 18.7 Å². The molecule has 0 aromatic carbocycles. The Kier molecular flexibility index (Phi) is 4.91. The van der Waals surface area contributed by atoms with Gasteiger partial charge in [-0.05, 0) is 12.8 Å². The highest BCUT2D eigenvalue weighted by Gasteiger charge is 2.35. The fourth-order valence-electron chi connectivity index (χ4n) is 1.77. The number of carbonyl (C=O) groups is 2. The second-order valence-electron chi connectivity index (χ2n) is 4.47. The minimum Gasteiger partial charge on any atom is -0.481 e. The summed E-state index contributed by atoms with van der Waals surface area (Å²) >= 11 is 0. The van der Waals surface area contributed by atoms with Crippen LogP contribution < -0.4 is 10.6 Å². The molecule has 2 amide bonds. The molecule has 1 heterocycles. The zero-order chi connectivity index (χ0) is 14.5. The van der Waals surface area contributed by atoms with E-state index >= 15 is 0 Å². The topological polar surface area (TPSA) is 96.3 Å². The van der Waals surface area contributed by atoms with Gasteiger partial charge in [-0.2, -0.15) is 5.10 Å². The third kappa shape index (κ3) is 3.70. The molecule has 7 nitrogen and oxygen atoms in total. The maximum Gasteiger partial charge on any atom is 0.320 e. The molecule has 0 aliphatic heterocycles. The van der Waals surface area contributed by atoms with Crippen molar-refractivity contribution in [2.75, 3.05) is 11.9 Å². The van der Waals surface area contributed by atoms with Gasteiger partial charge in [0.25, 0.3) is 0 Å². The van der Waals surface area contributed by atoms with Crippen LogP contribution in [0.25, 0.3) is 0 Å². The maximum atomic E-state index is 11.7. The van der Waals surface area contributed by atoms with Crippen molar-refractivity contribution in [3.63, 3.8) is 0 Å². The van der Waals surface area contributed by atoms with E-state index in [1.165, 1.54) is 0 Å². The van der Waals surface area contributed by atoms with Gasteiger partial charge in [0.1, 0.15) is 0 Å². The average Bonchev–Trinajstić information content (AvgIpc) is 2.76. The first-order chi connectivity index (χ1) is 8.93. The van der Waals surface area contributed by atoms with Crippen molar-refractivity contribution in [1.29, 1.82) is 0 Å². The first-order valence-corrected chi connectivity index (χ1v) is 6.21. The third-order valence-corrected chi connectivity index (χ3v) is 3.35. The molecular formula is C12H20N4O3. The van der Waals surface area contributed by atoms with E-state index in [0.717, 1.165) is 0 Å². The Hall–Kier alpha value is -2.05. The number of aryl methyl sites for hydroxylation is 1. The first kappa shape index (κ1) is 15.0. The Labute approximate surface area is 112 Å². The minimum absolute atomic E-state index is 0.0913.